The standard InChI is InChI=1S/C24H20N6O/c1-3-19-21(16-11-15-7-5-6-8-18(15)26-12-16)22-23(25)27-14-28-24(22)30(19)17-9-10-29(13-17)20(31)4-2/h1,4-8,11-12,14,17H,2,9-10,13H2,(H2,25,27,28)/t17-/m1/s1. The van der Waals surface area contributed by atoms with Gasteiger partial charge in [-0.2, -0.15) is 0 Å². The van der Waals surface area contributed by atoms with Crippen LogP contribution in [-0.4, -0.2) is 43.4 Å². The van der Waals surface area contributed by atoms with Crippen LogP contribution >= 0.6 is 0 Å². The molecule has 0 unspecified atom stereocenters. The molecule has 7 heteroatoms. The molecule has 1 aliphatic rings. The number of hydrogen-bond acceptors (Lipinski definition) is 5. The minimum Gasteiger partial charge on any atom is -0.383 e. The molecule has 5 rings (SSSR count). The van der Waals surface area contributed by atoms with Crippen molar-refractivity contribution in [3.05, 3.63) is 61.2 Å². The molecule has 31 heavy (non-hydrogen) atoms. The van der Waals surface area contributed by atoms with Crippen LogP contribution in [-0.2, 0) is 4.79 Å². The molecule has 1 atom stereocenters. The summed E-state index contributed by atoms with van der Waals surface area (Å²) in [5.74, 6) is 3.12. The van der Waals surface area contributed by atoms with Crippen molar-refractivity contribution in [1.82, 2.24) is 24.4 Å². The van der Waals surface area contributed by atoms with Crippen LogP contribution in [0.2, 0.25) is 0 Å². The Morgan fingerprint density at radius 3 is 2.94 bits per heavy atom. The number of anilines is 1. The molecular formula is C24H20N6O. The number of likely N-dealkylation sites (tertiary alicyclic amines) is 1. The lowest BCUT2D eigenvalue weighted by molar-refractivity contribution is -0.125. The second-order valence-corrected chi connectivity index (χ2v) is 7.54. The number of aromatic nitrogens is 4. The number of para-hydroxylation sites is 1. The third-order valence-electron chi connectivity index (χ3n) is 5.84. The van der Waals surface area contributed by atoms with Crippen LogP contribution < -0.4 is 5.73 Å². The highest BCUT2D eigenvalue weighted by Crippen LogP contribution is 2.40. The molecule has 4 heterocycles. The van der Waals surface area contributed by atoms with Gasteiger partial charge in [0.05, 0.1) is 16.9 Å². The number of amides is 1. The predicted octanol–water partition coefficient (Wildman–Crippen LogP) is 3.17. The molecule has 1 saturated heterocycles. The summed E-state index contributed by atoms with van der Waals surface area (Å²) in [4.78, 5) is 27.2. The van der Waals surface area contributed by atoms with E-state index in [1.54, 1.807) is 11.1 Å². The highest BCUT2D eigenvalue weighted by atomic mass is 16.2. The Morgan fingerprint density at radius 1 is 1.29 bits per heavy atom. The SMILES string of the molecule is C#Cc1c(-c2cnc3ccccc3c2)c2c(N)ncnc2n1[C@@H]1CCN(C(=O)C=C)C1. The second kappa shape index (κ2) is 7.26. The van der Waals surface area contributed by atoms with Crippen LogP contribution in [0, 0.1) is 12.3 Å². The summed E-state index contributed by atoms with van der Waals surface area (Å²) in [6.45, 7) is 4.75. The third-order valence-corrected chi connectivity index (χ3v) is 5.84. The monoisotopic (exact) mass is 408 g/mol. The maximum Gasteiger partial charge on any atom is 0.246 e. The maximum absolute atomic E-state index is 12.1. The van der Waals surface area contributed by atoms with Gasteiger partial charge in [-0.15, -0.1) is 6.42 Å². The van der Waals surface area contributed by atoms with Crippen LogP contribution in [0.25, 0.3) is 33.1 Å². The Hall–Kier alpha value is -4.18. The fourth-order valence-electron chi connectivity index (χ4n) is 4.42. The molecule has 0 radical (unpaired) electrons. The zero-order valence-electron chi connectivity index (χ0n) is 16.8. The molecule has 0 saturated carbocycles. The Morgan fingerprint density at radius 2 is 2.13 bits per heavy atom. The molecule has 152 valence electrons. The molecule has 0 bridgehead atoms. The van der Waals surface area contributed by atoms with Crippen molar-refractivity contribution < 1.29 is 4.79 Å². The predicted molar refractivity (Wildman–Crippen MR) is 121 cm³/mol. The molecule has 3 aromatic heterocycles. The number of rotatable bonds is 3. The first-order valence-electron chi connectivity index (χ1n) is 10.00. The van der Waals surface area contributed by atoms with E-state index in [4.69, 9.17) is 12.2 Å². The van der Waals surface area contributed by atoms with Crippen molar-refractivity contribution in [3.63, 3.8) is 0 Å². The third kappa shape index (κ3) is 2.92. The van der Waals surface area contributed by atoms with Crippen molar-refractivity contribution in [2.45, 2.75) is 12.5 Å². The van der Waals surface area contributed by atoms with Gasteiger partial charge in [0.1, 0.15) is 23.5 Å². The van der Waals surface area contributed by atoms with Crippen LogP contribution in [0.4, 0.5) is 5.82 Å². The molecule has 1 fully saturated rings. The van der Waals surface area contributed by atoms with Crippen molar-refractivity contribution in [3.8, 4) is 23.5 Å². The van der Waals surface area contributed by atoms with Gasteiger partial charge in [-0.25, -0.2) is 9.97 Å². The fraction of sp³-hybridized carbons (Fsp3) is 0.167. The highest BCUT2D eigenvalue weighted by Gasteiger charge is 2.31. The average Bonchev–Trinajstić information content (AvgIpc) is 3.41. The van der Waals surface area contributed by atoms with Gasteiger partial charge in [0.2, 0.25) is 5.91 Å². The number of benzene rings is 1. The van der Waals surface area contributed by atoms with Crippen LogP contribution in [0.15, 0.2) is 55.5 Å². The number of pyridine rings is 1. The van der Waals surface area contributed by atoms with Gasteiger partial charge in [0.15, 0.2) is 0 Å². The van der Waals surface area contributed by atoms with E-state index in [1.807, 2.05) is 28.8 Å². The Balaban J connectivity index is 1.75. The molecule has 1 amide bonds. The number of carbonyl (C=O) groups excluding carboxylic acids is 1. The zero-order valence-corrected chi connectivity index (χ0v) is 16.8. The minimum atomic E-state index is -0.0886. The Bertz CT molecular complexity index is 1400. The Kier molecular flexibility index (Phi) is 4.41. The van der Waals surface area contributed by atoms with E-state index in [-0.39, 0.29) is 11.9 Å². The Labute approximate surface area is 179 Å². The number of terminal acetylenes is 1. The summed E-state index contributed by atoms with van der Waals surface area (Å²) in [5.41, 5.74) is 10.2. The topological polar surface area (TPSA) is 89.9 Å². The van der Waals surface area contributed by atoms with Crippen molar-refractivity contribution >= 4 is 33.7 Å². The highest BCUT2D eigenvalue weighted by molar-refractivity contribution is 6.04. The van der Waals surface area contributed by atoms with Gasteiger partial charge in [0.25, 0.3) is 0 Å². The smallest absolute Gasteiger partial charge is 0.246 e. The van der Waals surface area contributed by atoms with Crippen LogP contribution in [0.1, 0.15) is 18.2 Å². The summed E-state index contributed by atoms with van der Waals surface area (Å²) < 4.78 is 2.02. The average molecular weight is 408 g/mol. The fourth-order valence-corrected chi connectivity index (χ4v) is 4.42. The van der Waals surface area contributed by atoms with Crippen LogP contribution in [0.5, 0.6) is 0 Å². The summed E-state index contributed by atoms with van der Waals surface area (Å²) in [7, 11) is 0. The summed E-state index contributed by atoms with van der Waals surface area (Å²) in [5, 5.41) is 1.71. The number of hydrogen-bond donors (Lipinski definition) is 1. The first-order chi connectivity index (χ1) is 15.1. The number of fused-ring (bicyclic) bond motifs is 2. The molecule has 2 N–H and O–H groups in total. The molecule has 1 aliphatic heterocycles. The molecule has 0 aliphatic carbocycles. The van der Waals surface area contributed by atoms with Gasteiger partial charge in [0, 0.05) is 35.8 Å². The zero-order chi connectivity index (χ0) is 21.5. The first-order valence-corrected chi connectivity index (χ1v) is 10.00. The molecule has 7 nitrogen and oxygen atoms in total. The normalized spacial score (nSPS) is 16.0. The quantitative estimate of drug-likeness (QED) is 0.415. The lowest BCUT2D eigenvalue weighted by Crippen LogP contribution is -2.27. The van der Waals surface area contributed by atoms with Gasteiger partial charge in [-0.3, -0.25) is 9.78 Å². The maximum atomic E-state index is 12.1. The van der Waals surface area contributed by atoms with Gasteiger partial charge in [-0.1, -0.05) is 30.7 Å². The van der Waals surface area contributed by atoms with Gasteiger partial charge >= 0.3 is 0 Å². The number of nitrogen functional groups attached to an aromatic ring is 1. The molecule has 0 spiro atoms. The summed E-state index contributed by atoms with van der Waals surface area (Å²) >= 11 is 0. The molecular weight excluding hydrogens is 388 g/mol. The van der Waals surface area contributed by atoms with Gasteiger partial charge in [-0.05, 0) is 24.6 Å². The van der Waals surface area contributed by atoms with E-state index in [0.717, 1.165) is 28.5 Å². The van der Waals surface area contributed by atoms with E-state index >= 15 is 0 Å². The van der Waals surface area contributed by atoms with Crippen molar-refractivity contribution in [1.29, 1.82) is 0 Å². The number of nitrogens with zero attached hydrogens (tertiary/aromatic N) is 5. The summed E-state index contributed by atoms with van der Waals surface area (Å²) in [6.07, 6.45) is 11.4. The molecule has 1 aromatic carbocycles. The number of carbonyl (C=O) groups is 1. The summed E-state index contributed by atoms with van der Waals surface area (Å²) in [6, 6.07) is 9.93. The van der Waals surface area contributed by atoms with E-state index < -0.39 is 0 Å². The second-order valence-electron chi connectivity index (χ2n) is 7.54. The van der Waals surface area contributed by atoms with Gasteiger partial charge < -0.3 is 15.2 Å². The lowest BCUT2D eigenvalue weighted by atomic mass is 10.0. The lowest BCUT2D eigenvalue weighted by Gasteiger charge is -2.17. The minimum absolute atomic E-state index is 0.0195. The number of nitrogens with two attached hydrogens (primary N) is 1. The first kappa shape index (κ1) is 18.8. The van der Waals surface area contributed by atoms with E-state index in [9.17, 15) is 4.79 Å². The van der Waals surface area contributed by atoms with E-state index in [1.165, 1.54) is 12.4 Å². The van der Waals surface area contributed by atoms with E-state index in [0.29, 0.717) is 35.6 Å². The van der Waals surface area contributed by atoms with Crippen molar-refractivity contribution in [2.75, 3.05) is 18.8 Å². The molecule has 4 aromatic rings. The largest absolute Gasteiger partial charge is 0.383 e. The van der Waals surface area contributed by atoms with Crippen LogP contribution in [0.3, 0.4) is 0 Å². The van der Waals surface area contributed by atoms with E-state index in [2.05, 4.69) is 33.5 Å². The van der Waals surface area contributed by atoms with Crippen molar-refractivity contribution in [2.24, 2.45) is 0 Å².